The second kappa shape index (κ2) is 5.96. The summed E-state index contributed by atoms with van der Waals surface area (Å²) in [7, 11) is 0. The molecule has 0 unspecified atom stereocenters. The van der Waals surface area contributed by atoms with E-state index >= 15 is 0 Å². The molecule has 7 nitrogen and oxygen atoms in total. The first-order chi connectivity index (χ1) is 7.61. The smallest absolute Gasteiger partial charge is 0.404 e. The molecular weight excluding hydrogens is 236 g/mol. The van der Waals surface area contributed by atoms with Gasteiger partial charge in [-0.05, 0) is 6.42 Å². The maximum Gasteiger partial charge on any atom is 0.404 e. The summed E-state index contributed by atoms with van der Waals surface area (Å²) in [5, 5.41) is 10.6. The van der Waals surface area contributed by atoms with E-state index in [0.717, 1.165) is 0 Å². The van der Waals surface area contributed by atoms with Gasteiger partial charge in [-0.3, -0.25) is 0 Å². The van der Waals surface area contributed by atoms with Crippen LogP contribution in [0.2, 0.25) is 5.15 Å². The molecule has 0 aliphatic carbocycles. The highest BCUT2D eigenvalue weighted by atomic mass is 35.5. The number of hydrogen-bond acceptors (Lipinski definition) is 5. The van der Waals surface area contributed by atoms with Gasteiger partial charge in [-0.2, -0.15) is 0 Å². The van der Waals surface area contributed by atoms with Crippen LogP contribution in [0.25, 0.3) is 0 Å². The van der Waals surface area contributed by atoms with Gasteiger partial charge in [-0.15, -0.1) is 0 Å². The average Bonchev–Trinajstić information content (AvgIpc) is 2.21. The van der Waals surface area contributed by atoms with Crippen LogP contribution < -0.4 is 15.8 Å². The van der Waals surface area contributed by atoms with E-state index in [1.807, 2.05) is 0 Å². The number of ether oxygens (including phenoxy) is 1. The van der Waals surface area contributed by atoms with Crippen LogP contribution in [0.3, 0.4) is 0 Å². The van der Waals surface area contributed by atoms with E-state index in [9.17, 15) is 4.79 Å². The van der Waals surface area contributed by atoms with Gasteiger partial charge in [0, 0.05) is 6.54 Å². The molecule has 0 fully saturated rings. The fourth-order valence-electron chi connectivity index (χ4n) is 0.940. The molecule has 0 aliphatic rings. The van der Waals surface area contributed by atoms with Crippen molar-refractivity contribution < 1.29 is 14.6 Å². The highest BCUT2D eigenvalue weighted by Crippen LogP contribution is 2.26. The molecule has 0 saturated carbocycles. The molecule has 4 N–H and O–H groups in total. The van der Waals surface area contributed by atoms with Crippen molar-refractivity contribution in [2.24, 2.45) is 0 Å². The van der Waals surface area contributed by atoms with Crippen LogP contribution in [0.1, 0.15) is 6.42 Å². The standard InChI is InChI=1S/C8H11ClN4O3/c9-6-5(7(10)13-4-12-6)16-3-1-2-11-8(14)15/h4,11H,1-3H2,(H,14,15)(H2,10,12,13). The van der Waals surface area contributed by atoms with E-state index in [2.05, 4.69) is 15.3 Å². The van der Waals surface area contributed by atoms with Crippen LogP contribution in [0.15, 0.2) is 6.33 Å². The number of nitrogens with zero attached hydrogens (tertiary/aromatic N) is 2. The first kappa shape index (κ1) is 12.3. The number of halogens is 1. The Kier molecular flexibility index (Phi) is 4.59. The Hall–Kier alpha value is -1.76. The lowest BCUT2D eigenvalue weighted by molar-refractivity contribution is 0.193. The lowest BCUT2D eigenvalue weighted by Gasteiger charge is -2.08. The summed E-state index contributed by atoms with van der Waals surface area (Å²) in [6, 6.07) is 0. The van der Waals surface area contributed by atoms with E-state index in [-0.39, 0.29) is 23.3 Å². The molecule has 0 saturated heterocycles. The number of anilines is 1. The van der Waals surface area contributed by atoms with E-state index in [0.29, 0.717) is 13.0 Å². The lowest BCUT2D eigenvalue weighted by Crippen LogP contribution is -2.23. The van der Waals surface area contributed by atoms with E-state index < -0.39 is 6.09 Å². The van der Waals surface area contributed by atoms with Crippen molar-refractivity contribution in [2.45, 2.75) is 6.42 Å². The van der Waals surface area contributed by atoms with Gasteiger partial charge in [0.05, 0.1) is 6.61 Å². The molecule has 0 radical (unpaired) electrons. The number of amides is 1. The molecule has 0 bridgehead atoms. The summed E-state index contributed by atoms with van der Waals surface area (Å²) >= 11 is 5.73. The topological polar surface area (TPSA) is 110 Å². The first-order valence-corrected chi connectivity index (χ1v) is 4.84. The molecule has 1 amide bonds. The maximum atomic E-state index is 10.1. The molecule has 0 aromatic carbocycles. The van der Waals surface area contributed by atoms with Crippen LogP contribution in [0.5, 0.6) is 5.75 Å². The number of rotatable bonds is 5. The van der Waals surface area contributed by atoms with E-state index in [4.69, 9.17) is 27.2 Å². The fraction of sp³-hybridized carbons (Fsp3) is 0.375. The molecule has 1 aromatic rings. The zero-order chi connectivity index (χ0) is 12.0. The third-order valence-electron chi connectivity index (χ3n) is 1.63. The first-order valence-electron chi connectivity index (χ1n) is 4.47. The molecule has 88 valence electrons. The van der Waals surface area contributed by atoms with Crippen molar-refractivity contribution in [3.63, 3.8) is 0 Å². The summed E-state index contributed by atoms with van der Waals surface area (Å²) in [6.07, 6.45) is 0.661. The second-order valence-electron chi connectivity index (χ2n) is 2.81. The predicted octanol–water partition coefficient (Wildman–Crippen LogP) is 0.749. The van der Waals surface area contributed by atoms with Crippen molar-refractivity contribution in [1.82, 2.24) is 15.3 Å². The summed E-state index contributed by atoms with van der Waals surface area (Å²) in [5.74, 6) is 0.380. The largest absolute Gasteiger partial charge is 0.487 e. The zero-order valence-corrected chi connectivity index (χ0v) is 9.07. The number of nitrogens with one attached hydrogen (secondary N) is 1. The van der Waals surface area contributed by atoms with Gasteiger partial charge in [0.25, 0.3) is 0 Å². The van der Waals surface area contributed by atoms with Crippen molar-refractivity contribution in [3.05, 3.63) is 11.5 Å². The molecule has 0 aliphatic heterocycles. The van der Waals surface area contributed by atoms with E-state index in [1.54, 1.807) is 0 Å². The maximum absolute atomic E-state index is 10.1. The van der Waals surface area contributed by atoms with Crippen LogP contribution in [0.4, 0.5) is 10.6 Å². The third-order valence-corrected chi connectivity index (χ3v) is 1.90. The van der Waals surface area contributed by atoms with Crippen molar-refractivity contribution in [1.29, 1.82) is 0 Å². The zero-order valence-electron chi connectivity index (χ0n) is 8.31. The number of carboxylic acid groups (broad SMARTS) is 1. The Labute approximate surface area is 96.6 Å². The van der Waals surface area contributed by atoms with Gasteiger partial charge in [-0.25, -0.2) is 14.8 Å². The Morgan fingerprint density at radius 3 is 3.00 bits per heavy atom. The third kappa shape index (κ3) is 3.77. The summed E-state index contributed by atoms with van der Waals surface area (Å²) in [4.78, 5) is 17.5. The van der Waals surface area contributed by atoms with Crippen molar-refractivity contribution >= 4 is 23.5 Å². The van der Waals surface area contributed by atoms with Crippen molar-refractivity contribution in [2.75, 3.05) is 18.9 Å². The summed E-state index contributed by atoms with van der Waals surface area (Å²) in [6.45, 7) is 0.568. The average molecular weight is 247 g/mol. The SMILES string of the molecule is Nc1ncnc(Cl)c1OCCCNC(=O)O. The highest BCUT2D eigenvalue weighted by molar-refractivity contribution is 6.31. The number of nitrogens with two attached hydrogens (primary N) is 1. The van der Waals surface area contributed by atoms with Gasteiger partial charge < -0.3 is 20.9 Å². The minimum absolute atomic E-state index is 0.138. The second-order valence-corrected chi connectivity index (χ2v) is 3.17. The molecular formula is C8H11ClN4O3. The summed E-state index contributed by atoms with van der Waals surface area (Å²) in [5.41, 5.74) is 5.51. The van der Waals surface area contributed by atoms with Crippen LogP contribution >= 0.6 is 11.6 Å². The van der Waals surface area contributed by atoms with Crippen LogP contribution in [0, 0.1) is 0 Å². The monoisotopic (exact) mass is 246 g/mol. The Morgan fingerprint density at radius 1 is 1.62 bits per heavy atom. The minimum atomic E-state index is -1.07. The molecule has 0 spiro atoms. The lowest BCUT2D eigenvalue weighted by atomic mass is 10.4. The number of aromatic nitrogens is 2. The summed E-state index contributed by atoms with van der Waals surface area (Å²) < 4.78 is 5.23. The highest BCUT2D eigenvalue weighted by Gasteiger charge is 2.07. The number of hydrogen-bond donors (Lipinski definition) is 3. The van der Waals surface area contributed by atoms with Gasteiger partial charge in [0.2, 0.25) is 0 Å². The quantitative estimate of drug-likeness (QED) is 0.522. The fourth-order valence-corrected chi connectivity index (χ4v) is 1.13. The molecule has 16 heavy (non-hydrogen) atoms. The molecule has 1 heterocycles. The van der Waals surface area contributed by atoms with Gasteiger partial charge in [-0.1, -0.05) is 11.6 Å². The Balaban J connectivity index is 2.34. The van der Waals surface area contributed by atoms with Gasteiger partial charge >= 0.3 is 6.09 Å². The van der Waals surface area contributed by atoms with Crippen LogP contribution in [-0.4, -0.2) is 34.3 Å². The van der Waals surface area contributed by atoms with Gasteiger partial charge in [0.1, 0.15) is 6.33 Å². The predicted molar refractivity (Wildman–Crippen MR) is 57.6 cm³/mol. The van der Waals surface area contributed by atoms with E-state index in [1.165, 1.54) is 6.33 Å². The Morgan fingerprint density at radius 2 is 2.38 bits per heavy atom. The molecule has 1 aromatic heterocycles. The minimum Gasteiger partial charge on any atom is -0.487 e. The molecule has 0 atom stereocenters. The van der Waals surface area contributed by atoms with Crippen LogP contribution in [-0.2, 0) is 0 Å². The molecule has 1 rings (SSSR count). The Bertz CT molecular complexity index is 354. The number of carbonyl (C=O) groups is 1. The van der Waals surface area contributed by atoms with Gasteiger partial charge in [0.15, 0.2) is 16.7 Å². The van der Waals surface area contributed by atoms with Crippen molar-refractivity contribution in [3.8, 4) is 5.75 Å². The number of nitrogen functional groups attached to an aromatic ring is 1. The molecule has 8 heteroatoms. The normalized spacial score (nSPS) is 9.81.